The standard InChI is InChI=1S/C20H30O2/c1-15-13-14-16(2)20(22-18-11-7-4-8-12-18)19(15)21-17-9-5-3-6-10-17/h13-14,17-18H,3-12H2,1-2H3. The van der Waals surface area contributed by atoms with Crippen LogP contribution in [0.1, 0.15) is 75.3 Å². The van der Waals surface area contributed by atoms with E-state index < -0.39 is 0 Å². The van der Waals surface area contributed by atoms with E-state index in [0.29, 0.717) is 12.2 Å². The van der Waals surface area contributed by atoms with Gasteiger partial charge in [-0.3, -0.25) is 0 Å². The highest BCUT2D eigenvalue weighted by Gasteiger charge is 2.22. The van der Waals surface area contributed by atoms with Crippen LogP contribution in [0.5, 0.6) is 11.5 Å². The molecule has 122 valence electrons. The molecule has 2 heteroatoms. The lowest BCUT2D eigenvalue weighted by Gasteiger charge is -2.29. The Hall–Kier alpha value is -1.18. The van der Waals surface area contributed by atoms with E-state index in [9.17, 15) is 0 Å². The molecule has 1 aromatic carbocycles. The first kappa shape index (κ1) is 15.7. The average Bonchev–Trinajstić information content (AvgIpc) is 2.56. The van der Waals surface area contributed by atoms with Crippen LogP contribution >= 0.6 is 0 Å². The Kier molecular flexibility index (Phi) is 5.28. The number of rotatable bonds is 4. The van der Waals surface area contributed by atoms with Crippen LogP contribution in [-0.4, -0.2) is 12.2 Å². The molecule has 2 saturated carbocycles. The maximum atomic E-state index is 6.41. The van der Waals surface area contributed by atoms with E-state index in [0.717, 1.165) is 11.5 Å². The Morgan fingerprint density at radius 1 is 0.636 bits per heavy atom. The minimum absolute atomic E-state index is 0.378. The minimum atomic E-state index is 0.378. The molecule has 2 aliphatic carbocycles. The van der Waals surface area contributed by atoms with Gasteiger partial charge in [-0.2, -0.15) is 0 Å². The Labute approximate surface area is 135 Å². The van der Waals surface area contributed by atoms with Gasteiger partial charge < -0.3 is 9.47 Å². The summed E-state index contributed by atoms with van der Waals surface area (Å²) in [6, 6.07) is 4.34. The first-order valence-corrected chi connectivity index (χ1v) is 9.17. The molecule has 0 saturated heterocycles. The summed E-state index contributed by atoms with van der Waals surface area (Å²) in [5.41, 5.74) is 2.42. The van der Waals surface area contributed by atoms with Gasteiger partial charge in [0, 0.05) is 0 Å². The van der Waals surface area contributed by atoms with Crippen LogP contribution in [-0.2, 0) is 0 Å². The third kappa shape index (κ3) is 3.77. The minimum Gasteiger partial charge on any atom is -0.486 e. The monoisotopic (exact) mass is 302 g/mol. The third-order valence-corrected chi connectivity index (χ3v) is 5.18. The molecular formula is C20H30O2. The van der Waals surface area contributed by atoms with Gasteiger partial charge in [-0.25, -0.2) is 0 Å². The number of hydrogen-bond donors (Lipinski definition) is 0. The van der Waals surface area contributed by atoms with Crippen molar-refractivity contribution in [1.29, 1.82) is 0 Å². The molecule has 0 atom stereocenters. The molecule has 0 aromatic heterocycles. The molecule has 0 radical (unpaired) electrons. The van der Waals surface area contributed by atoms with Gasteiger partial charge in [-0.05, 0) is 76.3 Å². The molecule has 2 aliphatic rings. The van der Waals surface area contributed by atoms with Gasteiger partial charge in [-0.1, -0.05) is 25.0 Å². The number of ether oxygens (including phenoxy) is 2. The summed E-state index contributed by atoms with van der Waals surface area (Å²) < 4.78 is 12.8. The Morgan fingerprint density at radius 2 is 1.00 bits per heavy atom. The summed E-state index contributed by atoms with van der Waals surface area (Å²) in [5.74, 6) is 2.02. The lowest BCUT2D eigenvalue weighted by Crippen LogP contribution is -2.23. The summed E-state index contributed by atoms with van der Waals surface area (Å²) in [6.45, 7) is 4.29. The quantitative estimate of drug-likeness (QED) is 0.707. The van der Waals surface area contributed by atoms with Crippen molar-refractivity contribution >= 4 is 0 Å². The van der Waals surface area contributed by atoms with E-state index in [1.54, 1.807) is 0 Å². The van der Waals surface area contributed by atoms with Gasteiger partial charge in [0.1, 0.15) is 0 Å². The van der Waals surface area contributed by atoms with Crippen molar-refractivity contribution in [1.82, 2.24) is 0 Å². The van der Waals surface area contributed by atoms with Gasteiger partial charge in [0.05, 0.1) is 12.2 Å². The fourth-order valence-electron chi connectivity index (χ4n) is 3.75. The summed E-state index contributed by atoms with van der Waals surface area (Å²) in [5, 5.41) is 0. The molecule has 0 heterocycles. The van der Waals surface area contributed by atoms with E-state index in [1.807, 2.05) is 0 Å². The highest BCUT2D eigenvalue weighted by Crippen LogP contribution is 2.39. The molecular weight excluding hydrogens is 272 g/mol. The summed E-state index contributed by atoms with van der Waals surface area (Å²) in [6.07, 6.45) is 13.4. The lowest BCUT2D eigenvalue weighted by molar-refractivity contribution is 0.122. The van der Waals surface area contributed by atoms with Crippen molar-refractivity contribution in [2.75, 3.05) is 0 Å². The molecule has 0 amide bonds. The van der Waals surface area contributed by atoms with Crippen molar-refractivity contribution < 1.29 is 9.47 Å². The maximum Gasteiger partial charge on any atom is 0.164 e. The van der Waals surface area contributed by atoms with E-state index in [2.05, 4.69) is 26.0 Å². The molecule has 0 aliphatic heterocycles. The SMILES string of the molecule is Cc1ccc(C)c(OC2CCCCC2)c1OC1CCCCC1. The number of hydrogen-bond acceptors (Lipinski definition) is 2. The lowest BCUT2D eigenvalue weighted by atomic mass is 9.97. The largest absolute Gasteiger partial charge is 0.486 e. The zero-order valence-electron chi connectivity index (χ0n) is 14.2. The molecule has 2 fully saturated rings. The molecule has 0 N–H and O–H groups in total. The normalized spacial score (nSPS) is 20.8. The average molecular weight is 302 g/mol. The molecule has 22 heavy (non-hydrogen) atoms. The number of aryl methyl sites for hydroxylation is 2. The Morgan fingerprint density at radius 3 is 1.36 bits per heavy atom. The van der Waals surface area contributed by atoms with Gasteiger partial charge in [0.2, 0.25) is 0 Å². The second-order valence-electron chi connectivity index (χ2n) is 7.11. The second kappa shape index (κ2) is 7.39. The Bertz CT molecular complexity index is 438. The number of benzene rings is 1. The highest BCUT2D eigenvalue weighted by molar-refractivity contribution is 5.51. The first-order valence-electron chi connectivity index (χ1n) is 9.17. The predicted molar refractivity (Wildman–Crippen MR) is 90.9 cm³/mol. The van der Waals surface area contributed by atoms with E-state index in [1.165, 1.54) is 75.3 Å². The van der Waals surface area contributed by atoms with Crippen LogP contribution in [0.4, 0.5) is 0 Å². The van der Waals surface area contributed by atoms with Crippen molar-refractivity contribution in [3.05, 3.63) is 23.3 Å². The van der Waals surface area contributed by atoms with Gasteiger partial charge in [0.15, 0.2) is 11.5 Å². The summed E-state index contributed by atoms with van der Waals surface area (Å²) in [4.78, 5) is 0. The van der Waals surface area contributed by atoms with E-state index in [4.69, 9.17) is 9.47 Å². The highest BCUT2D eigenvalue weighted by atomic mass is 16.5. The van der Waals surface area contributed by atoms with Crippen LogP contribution in [0.2, 0.25) is 0 Å². The fraction of sp³-hybridized carbons (Fsp3) is 0.700. The molecule has 0 bridgehead atoms. The summed E-state index contributed by atoms with van der Waals surface area (Å²) >= 11 is 0. The van der Waals surface area contributed by atoms with Gasteiger partial charge in [-0.15, -0.1) is 0 Å². The smallest absolute Gasteiger partial charge is 0.164 e. The zero-order chi connectivity index (χ0) is 15.4. The predicted octanol–water partition coefficient (Wildman–Crippen LogP) is 5.73. The fourth-order valence-corrected chi connectivity index (χ4v) is 3.75. The molecule has 2 nitrogen and oxygen atoms in total. The van der Waals surface area contributed by atoms with E-state index >= 15 is 0 Å². The second-order valence-corrected chi connectivity index (χ2v) is 7.11. The maximum absolute atomic E-state index is 6.41. The van der Waals surface area contributed by atoms with Gasteiger partial charge >= 0.3 is 0 Å². The first-order chi connectivity index (χ1) is 10.7. The summed E-state index contributed by atoms with van der Waals surface area (Å²) in [7, 11) is 0. The molecule has 0 unspecified atom stereocenters. The van der Waals surface area contributed by atoms with Crippen molar-refractivity contribution in [3.63, 3.8) is 0 Å². The molecule has 0 spiro atoms. The topological polar surface area (TPSA) is 18.5 Å². The molecule has 3 rings (SSSR count). The van der Waals surface area contributed by atoms with Crippen molar-refractivity contribution in [2.24, 2.45) is 0 Å². The van der Waals surface area contributed by atoms with Crippen LogP contribution in [0.15, 0.2) is 12.1 Å². The van der Waals surface area contributed by atoms with Crippen molar-refractivity contribution in [2.45, 2.75) is 90.3 Å². The van der Waals surface area contributed by atoms with Crippen LogP contribution in [0, 0.1) is 13.8 Å². The third-order valence-electron chi connectivity index (χ3n) is 5.18. The Balaban J connectivity index is 1.78. The van der Waals surface area contributed by atoms with Crippen LogP contribution < -0.4 is 9.47 Å². The van der Waals surface area contributed by atoms with Crippen LogP contribution in [0.25, 0.3) is 0 Å². The van der Waals surface area contributed by atoms with Crippen LogP contribution in [0.3, 0.4) is 0 Å². The zero-order valence-corrected chi connectivity index (χ0v) is 14.2. The van der Waals surface area contributed by atoms with Gasteiger partial charge in [0.25, 0.3) is 0 Å². The van der Waals surface area contributed by atoms with Crippen molar-refractivity contribution in [3.8, 4) is 11.5 Å². The van der Waals surface area contributed by atoms with E-state index in [-0.39, 0.29) is 0 Å². The molecule has 1 aromatic rings.